The molecule has 0 aliphatic carbocycles. The van der Waals surface area contributed by atoms with E-state index in [4.69, 9.17) is 9.47 Å². The van der Waals surface area contributed by atoms with Gasteiger partial charge in [0.05, 0.1) is 18.1 Å². The highest BCUT2D eigenvalue weighted by molar-refractivity contribution is 7.95. The van der Waals surface area contributed by atoms with Crippen LogP contribution >= 0.6 is 0 Å². The van der Waals surface area contributed by atoms with Crippen LogP contribution < -0.4 is 0 Å². The summed E-state index contributed by atoms with van der Waals surface area (Å²) in [6.07, 6.45) is -1.58. The molecule has 2 heterocycles. The molecule has 2 aliphatic rings. The molecule has 0 saturated carbocycles. The molecule has 0 radical (unpaired) electrons. The van der Waals surface area contributed by atoms with Crippen molar-refractivity contribution in [1.82, 2.24) is 4.90 Å². The molecule has 2 aromatic carbocycles. The lowest BCUT2D eigenvalue weighted by Crippen LogP contribution is -2.61. The number of fused-ring (bicyclic) bond motifs is 1. The Morgan fingerprint density at radius 2 is 1.83 bits per heavy atom. The van der Waals surface area contributed by atoms with Gasteiger partial charge in [0.1, 0.15) is 6.61 Å². The van der Waals surface area contributed by atoms with Crippen molar-refractivity contribution in [2.45, 2.75) is 37.0 Å². The van der Waals surface area contributed by atoms with Crippen molar-refractivity contribution in [2.24, 2.45) is 5.92 Å². The van der Waals surface area contributed by atoms with Crippen LogP contribution in [0.2, 0.25) is 0 Å². The molecule has 2 aliphatic heterocycles. The van der Waals surface area contributed by atoms with Gasteiger partial charge in [0.15, 0.2) is 9.80 Å². The fourth-order valence-electron chi connectivity index (χ4n) is 3.75. The number of carbonyl (C=O) groups is 2. The first kappa shape index (κ1) is 20.5. The second kappa shape index (κ2) is 8.51. The van der Waals surface area contributed by atoms with E-state index < -0.39 is 35.4 Å². The number of amides is 1. The van der Waals surface area contributed by atoms with Crippen LogP contribution in [0, 0.1) is 5.92 Å². The van der Waals surface area contributed by atoms with Gasteiger partial charge in [0.25, 0.3) is 5.88 Å². The Bertz CT molecular complexity index is 962. The molecule has 1 saturated heterocycles. The summed E-state index contributed by atoms with van der Waals surface area (Å²) >= 11 is -1.62. The van der Waals surface area contributed by atoms with Crippen molar-refractivity contribution in [3.05, 3.63) is 77.0 Å². The van der Waals surface area contributed by atoms with Crippen molar-refractivity contribution in [3.8, 4) is 0 Å². The summed E-state index contributed by atoms with van der Waals surface area (Å²) in [7, 11) is 0. The minimum Gasteiger partial charge on any atom is -0.607 e. The van der Waals surface area contributed by atoms with E-state index >= 15 is 0 Å². The number of hydrogen-bond acceptors (Lipinski definition) is 6. The average molecular weight is 427 g/mol. The molecule has 1 fully saturated rings. The van der Waals surface area contributed by atoms with Crippen LogP contribution in [-0.4, -0.2) is 38.8 Å². The van der Waals surface area contributed by atoms with E-state index in [2.05, 4.69) is 0 Å². The Balaban J connectivity index is 1.55. The number of rotatable bonds is 6. The van der Waals surface area contributed by atoms with Crippen molar-refractivity contribution in [1.29, 1.82) is 0 Å². The fourth-order valence-corrected chi connectivity index (χ4v) is 5.06. The molecule has 7 nitrogen and oxygen atoms in total. The van der Waals surface area contributed by atoms with E-state index in [9.17, 15) is 19.2 Å². The Morgan fingerprint density at radius 1 is 1.20 bits per heavy atom. The fraction of sp³-hybridized carbons (Fsp3) is 0.273. The maximum Gasteiger partial charge on any atom is 0.515 e. The molecule has 0 bridgehead atoms. The van der Waals surface area contributed by atoms with Crippen molar-refractivity contribution >= 4 is 23.2 Å². The van der Waals surface area contributed by atoms with Crippen molar-refractivity contribution in [3.63, 3.8) is 0 Å². The van der Waals surface area contributed by atoms with Crippen molar-refractivity contribution in [2.75, 3.05) is 0 Å². The average Bonchev–Trinajstić information content (AvgIpc) is 3.06. The van der Waals surface area contributed by atoms with Gasteiger partial charge in [-0.1, -0.05) is 48.5 Å². The van der Waals surface area contributed by atoms with Gasteiger partial charge in [0.2, 0.25) is 5.91 Å². The van der Waals surface area contributed by atoms with Gasteiger partial charge in [-0.2, -0.15) is 0 Å². The smallest absolute Gasteiger partial charge is 0.515 e. The lowest BCUT2D eigenvalue weighted by atomic mass is 9.84. The first-order valence-electron chi connectivity index (χ1n) is 9.57. The number of hydrogen-bond donors (Lipinski definition) is 1. The molecular formula is C22H21NO6S. The van der Waals surface area contributed by atoms with E-state index in [1.54, 1.807) is 43.3 Å². The van der Waals surface area contributed by atoms with Gasteiger partial charge in [-0.15, -0.1) is 0 Å². The summed E-state index contributed by atoms with van der Waals surface area (Å²) < 4.78 is 23.7. The second-order valence-corrected chi connectivity index (χ2v) is 8.68. The predicted octanol–water partition coefficient (Wildman–Crippen LogP) is 2.93. The topological polar surface area (TPSA) is 99.1 Å². The molecule has 0 spiro atoms. The van der Waals surface area contributed by atoms with Crippen LogP contribution in [0.15, 0.2) is 76.3 Å². The quantitative estimate of drug-likeness (QED) is 0.432. The van der Waals surface area contributed by atoms with Crippen LogP contribution in [0.5, 0.6) is 0 Å². The minimum absolute atomic E-state index is 0.0116. The van der Waals surface area contributed by atoms with Crippen LogP contribution in [0.4, 0.5) is 4.79 Å². The van der Waals surface area contributed by atoms with E-state index in [0.29, 0.717) is 9.80 Å². The molecule has 4 atom stereocenters. The molecule has 2 aromatic rings. The summed E-state index contributed by atoms with van der Waals surface area (Å²) in [6.45, 7) is 1.55. The minimum atomic E-state index is -1.62. The number of carbonyl (C=O) groups excluding carboxylic acids is 2. The highest BCUT2D eigenvalue weighted by atomic mass is 32.2. The Morgan fingerprint density at radius 3 is 2.47 bits per heavy atom. The molecule has 30 heavy (non-hydrogen) atoms. The lowest BCUT2D eigenvalue weighted by Gasteiger charge is -2.43. The normalized spacial score (nSPS) is 22.2. The number of benzene rings is 2. The maximum absolute atomic E-state index is 13.1. The molecule has 0 aromatic heterocycles. The summed E-state index contributed by atoms with van der Waals surface area (Å²) in [4.78, 5) is 27.0. The van der Waals surface area contributed by atoms with Gasteiger partial charge < -0.3 is 19.1 Å². The van der Waals surface area contributed by atoms with Crippen LogP contribution in [-0.2, 0) is 32.1 Å². The van der Waals surface area contributed by atoms with E-state index in [1.807, 2.05) is 24.3 Å². The SMILES string of the molecule is CC(O)C1C(=O)N2C(OC(=O)OCc3ccccc3)=C([S+]([O-])c3ccccc3)CC12. The van der Waals surface area contributed by atoms with Gasteiger partial charge in [-0.05, 0) is 24.6 Å². The maximum atomic E-state index is 13.1. The van der Waals surface area contributed by atoms with Gasteiger partial charge in [-0.3, -0.25) is 9.69 Å². The van der Waals surface area contributed by atoms with E-state index in [0.717, 1.165) is 5.56 Å². The molecule has 1 amide bonds. The third kappa shape index (κ3) is 3.81. The number of aliphatic hydroxyl groups is 1. The van der Waals surface area contributed by atoms with Gasteiger partial charge in [-0.25, -0.2) is 4.79 Å². The Labute approximate surface area is 177 Å². The zero-order valence-electron chi connectivity index (χ0n) is 16.3. The first-order valence-corrected chi connectivity index (χ1v) is 10.7. The summed E-state index contributed by atoms with van der Waals surface area (Å²) in [5, 5.41) is 9.94. The largest absolute Gasteiger partial charge is 0.607 e. The molecule has 156 valence electrons. The molecular weight excluding hydrogens is 406 g/mol. The van der Waals surface area contributed by atoms with Gasteiger partial charge in [0, 0.05) is 17.6 Å². The summed E-state index contributed by atoms with van der Waals surface area (Å²) in [5.41, 5.74) is 0.787. The van der Waals surface area contributed by atoms with Crippen molar-refractivity contribution < 1.29 is 28.7 Å². The Hall–Kier alpha value is -2.81. The zero-order chi connectivity index (χ0) is 21.3. The number of nitrogens with zero attached hydrogens (tertiary/aromatic N) is 1. The van der Waals surface area contributed by atoms with E-state index in [1.165, 1.54) is 4.90 Å². The zero-order valence-corrected chi connectivity index (χ0v) is 17.1. The third-order valence-electron chi connectivity index (χ3n) is 5.20. The van der Waals surface area contributed by atoms with Crippen LogP contribution in [0.3, 0.4) is 0 Å². The van der Waals surface area contributed by atoms with Crippen LogP contribution in [0.1, 0.15) is 18.9 Å². The first-order chi connectivity index (χ1) is 14.5. The number of β-lactam (4-membered cyclic amide) rings is 1. The molecule has 1 N–H and O–H groups in total. The standard InChI is InChI=1S/C22H21NO6S/c1-14(24)19-17-12-18(30(27)16-10-6-3-7-11-16)21(23(17)20(19)25)29-22(26)28-13-15-8-4-2-5-9-15/h2-11,14,17,19,24H,12-13H2,1H3. The van der Waals surface area contributed by atoms with Crippen LogP contribution in [0.25, 0.3) is 0 Å². The highest BCUT2D eigenvalue weighted by Crippen LogP contribution is 2.46. The lowest BCUT2D eigenvalue weighted by molar-refractivity contribution is -0.161. The summed E-state index contributed by atoms with van der Waals surface area (Å²) in [5.74, 6) is -1.03. The Kier molecular flexibility index (Phi) is 5.80. The van der Waals surface area contributed by atoms with Gasteiger partial charge >= 0.3 is 6.16 Å². The molecule has 4 unspecified atom stereocenters. The highest BCUT2D eigenvalue weighted by Gasteiger charge is 2.59. The molecule has 8 heteroatoms. The van der Waals surface area contributed by atoms with E-state index in [-0.39, 0.29) is 24.8 Å². The predicted molar refractivity (Wildman–Crippen MR) is 108 cm³/mol. The third-order valence-corrected chi connectivity index (χ3v) is 6.69. The number of ether oxygens (including phenoxy) is 2. The second-order valence-electron chi connectivity index (χ2n) is 7.18. The molecule has 4 rings (SSSR count). The summed E-state index contributed by atoms with van der Waals surface area (Å²) in [6, 6.07) is 17.5. The number of aliphatic hydroxyl groups excluding tert-OH is 1. The monoisotopic (exact) mass is 427 g/mol.